The van der Waals surface area contributed by atoms with Crippen LogP contribution in [0.2, 0.25) is 0 Å². The van der Waals surface area contributed by atoms with E-state index in [0.29, 0.717) is 11.1 Å². The fraction of sp³-hybridized carbons (Fsp3) is 1.00. The molecule has 1 saturated heterocycles. The summed E-state index contributed by atoms with van der Waals surface area (Å²) in [5.41, 5.74) is 0. The third kappa shape index (κ3) is 1.57. The Bertz CT molecular complexity index is 128. The minimum absolute atomic E-state index is 0.702. The number of hydrogen-bond acceptors (Lipinski definition) is 1. The Balaban J connectivity index is 1.82. The maximum absolute atomic E-state index is 2.68. The van der Waals surface area contributed by atoms with Crippen molar-refractivity contribution >= 4 is 11.1 Å². The highest BCUT2D eigenvalue weighted by Crippen LogP contribution is 2.28. The zero-order valence-electron chi connectivity index (χ0n) is 7.38. The van der Waals surface area contributed by atoms with Gasteiger partial charge in [-0.25, -0.2) is 0 Å². The summed E-state index contributed by atoms with van der Waals surface area (Å²) in [5.74, 6) is 2.99. The van der Waals surface area contributed by atoms with E-state index in [1.54, 1.807) is 0 Å². The maximum Gasteiger partial charge on any atom is 0.132 e. The molecular weight excluding hydrogens is 154 g/mol. The molecule has 0 unspecified atom stereocenters. The van der Waals surface area contributed by atoms with Gasteiger partial charge < -0.3 is 0 Å². The van der Waals surface area contributed by atoms with Gasteiger partial charge in [0.25, 0.3) is 0 Å². The summed E-state index contributed by atoms with van der Waals surface area (Å²) < 4.78 is 2.68. The average Bonchev–Trinajstić information content (AvgIpc) is 2.32. The van der Waals surface area contributed by atoms with Crippen molar-refractivity contribution in [3.05, 3.63) is 0 Å². The van der Waals surface area contributed by atoms with Crippen molar-refractivity contribution in [3.63, 3.8) is 0 Å². The second-order valence-electron chi connectivity index (χ2n) is 3.71. The van der Waals surface area contributed by atoms with Gasteiger partial charge in [0.2, 0.25) is 0 Å². The number of hydrogen-bond donors (Lipinski definition) is 0. The van der Waals surface area contributed by atoms with Gasteiger partial charge in [-0.3, -0.25) is 0 Å². The lowest BCUT2D eigenvalue weighted by atomic mass is 10.3. The molecule has 2 fully saturated rings. The first-order valence-corrected chi connectivity index (χ1v) is 6.30. The maximum atomic E-state index is 2.68. The summed E-state index contributed by atoms with van der Waals surface area (Å²) in [6, 6.07) is 0.957. The fourth-order valence-corrected chi connectivity index (χ4v) is 3.80. The van der Waals surface area contributed by atoms with Crippen LogP contribution in [0.3, 0.4) is 0 Å². The molecule has 0 bridgehead atoms. The lowest BCUT2D eigenvalue weighted by Crippen LogP contribution is -2.44. The van der Waals surface area contributed by atoms with Crippen LogP contribution >= 0.6 is 0 Å². The monoisotopic (exact) mass is 172 g/mol. The first kappa shape index (κ1) is 7.93. The van der Waals surface area contributed by atoms with Gasteiger partial charge in [0.1, 0.15) is 11.5 Å². The van der Waals surface area contributed by atoms with Crippen molar-refractivity contribution in [3.8, 4) is 0 Å². The van der Waals surface area contributed by atoms with Gasteiger partial charge in [-0.1, -0.05) is 12.8 Å². The molecule has 0 atom stereocenters. The molecular formula is C9H18NS+. The van der Waals surface area contributed by atoms with E-state index in [1.165, 1.54) is 43.6 Å². The topological polar surface area (TPSA) is 3.24 Å². The van der Waals surface area contributed by atoms with Crippen LogP contribution in [0.15, 0.2) is 0 Å². The summed E-state index contributed by atoms with van der Waals surface area (Å²) in [6.45, 7) is 0. The Morgan fingerprint density at radius 1 is 1.09 bits per heavy atom. The van der Waals surface area contributed by atoms with Crippen molar-refractivity contribution in [1.29, 1.82) is 0 Å². The van der Waals surface area contributed by atoms with Crippen LogP contribution in [0.25, 0.3) is 0 Å². The minimum Gasteiger partial charge on any atom is -0.126 e. The molecule has 1 nitrogen and oxygen atoms in total. The second kappa shape index (κ2) is 3.36. The van der Waals surface area contributed by atoms with E-state index >= 15 is 0 Å². The number of rotatable bonds is 2. The lowest BCUT2D eigenvalue weighted by molar-refractivity contribution is 0.403. The Labute approximate surface area is 72.6 Å². The van der Waals surface area contributed by atoms with Crippen LogP contribution in [0, 0.1) is 0 Å². The van der Waals surface area contributed by atoms with Crippen molar-refractivity contribution < 1.29 is 0 Å². The Morgan fingerprint density at radius 2 is 1.73 bits per heavy atom. The zero-order chi connectivity index (χ0) is 7.68. The van der Waals surface area contributed by atoms with Gasteiger partial charge in [-0.15, -0.1) is 4.31 Å². The molecule has 0 aromatic rings. The van der Waals surface area contributed by atoms with E-state index in [4.69, 9.17) is 0 Å². The highest BCUT2D eigenvalue weighted by atomic mass is 32.2. The predicted octanol–water partition coefficient (Wildman–Crippen LogP) is 1.80. The molecule has 64 valence electrons. The molecule has 0 spiro atoms. The highest BCUT2D eigenvalue weighted by Gasteiger charge is 2.38. The van der Waals surface area contributed by atoms with E-state index in [1.807, 2.05) is 0 Å². The van der Waals surface area contributed by atoms with Crippen molar-refractivity contribution in [2.45, 2.75) is 38.1 Å². The van der Waals surface area contributed by atoms with Crippen LogP contribution in [-0.4, -0.2) is 28.9 Å². The summed E-state index contributed by atoms with van der Waals surface area (Å²) in [6.07, 6.45) is 7.39. The highest BCUT2D eigenvalue weighted by molar-refractivity contribution is 7.95. The molecule has 1 heterocycles. The Kier molecular flexibility index (Phi) is 2.42. The molecule has 2 rings (SSSR count). The molecule has 1 aliphatic carbocycles. The van der Waals surface area contributed by atoms with Crippen LogP contribution in [0.1, 0.15) is 32.1 Å². The van der Waals surface area contributed by atoms with Crippen molar-refractivity contribution in [2.24, 2.45) is 0 Å². The molecule has 0 N–H and O–H groups in total. The molecule has 11 heavy (non-hydrogen) atoms. The van der Waals surface area contributed by atoms with Gasteiger partial charge in [-0.05, 0) is 12.8 Å². The van der Waals surface area contributed by atoms with Crippen LogP contribution in [-0.2, 0) is 11.1 Å². The fourth-order valence-electron chi connectivity index (χ4n) is 2.04. The van der Waals surface area contributed by atoms with Gasteiger partial charge in [0, 0.05) is 13.5 Å². The lowest BCUT2D eigenvalue weighted by Gasteiger charge is -2.27. The normalized spacial score (nSPS) is 27.8. The Hall–Kier alpha value is 0.310. The first-order valence-electron chi connectivity index (χ1n) is 4.78. The summed E-state index contributed by atoms with van der Waals surface area (Å²) in [7, 11) is 2.35. The van der Waals surface area contributed by atoms with Crippen molar-refractivity contribution in [1.82, 2.24) is 4.31 Å². The van der Waals surface area contributed by atoms with Gasteiger partial charge >= 0.3 is 0 Å². The second-order valence-corrected chi connectivity index (χ2v) is 6.03. The smallest absolute Gasteiger partial charge is 0.126 e. The summed E-state index contributed by atoms with van der Waals surface area (Å²) >= 11 is 0.702. The largest absolute Gasteiger partial charge is 0.132 e. The number of nitrogens with zero attached hydrogens (tertiary/aromatic N) is 1. The molecule has 1 aliphatic heterocycles. The summed E-state index contributed by atoms with van der Waals surface area (Å²) in [4.78, 5) is 0. The van der Waals surface area contributed by atoms with E-state index in [0.717, 1.165) is 6.04 Å². The molecule has 2 aliphatic rings. The van der Waals surface area contributed by atoms with E-state index in [2.05, 4.69) is 11.4 Å². The predicted molar refractivity (Wildman–Crippen MR) is 51.7 cm³/mol. The molecule has 1 saturated carbocycles. The zero-order valence-corrected chi connectivity index (χ0v) is 8.20. The molecule has 0 aromatic heterocycles. The van der Waals surface area contributed by atoms with Gasteiger partial charge in [-0.2, -0.15) is 0 Å². The van der Waals surface area contributed by atoms with E-state index < -0.39 is 0 Å². The third-order valence-electron chi connectivity index (χ3n) is 3.01. The van der Waals surface area contributed by atoms with E-state index in [9.17, 15) is 0 Å². The third-order valence-corrected chi connectivity index (χ3v) is 5.64. The molecule has 0 amide bonds. The van der Waals surface area contributed by atoms with E-state index in [-0.39, 0.29) is 0 Å². The van der Waals surface area contributed by atoms with Crippen LogP contribution < -0.4 is 0 Å². The molecule has 0 aromatic carbocycles. The van der Waals surface area contributed by atoms with Gasteiger partial charge in [0.15, 0.2) is 0 Å². The van der Waals surface area contributed by atoms with Crippen LogP contribution in [0.5, 0.6) is 0 Å². The van der Waals surface area contributed by atoms with Crippen LogP contribution in [0.4, 0.5) is 0 Å². The van der Waals surface area contributed by atoms with Crippen molar-refractivity contribution in [2.75, 3.05) is 18.6 Å². The first-order chi connectivity index (χ1) is 5.38. The average molecular weight is 172 g/mol. The standard InChI is InChI=1S/C9H18NS/c1-10(11-7-4-8-11)9-5-2-3-6-9/h9H,2-8H2,1H3/q+1. The summed E-state index contributed by atoms with van der Waals surface area (Å²) in [5, 5.41) is 0. The molecule has 0 radical (unpaired) electrons. The molecule has 2 heteroatoms. The van der Waals surface area contributed by atoms with Gasteiger partial charge in [0.05, 0.1) is 17.1 Å². The SMILES string of the molecule is CN(C1CCCC1)[S+]1CCC1. The quantitative estimate of drug-likeness (QED) is 0.574. The minimum atomic E-state index is 0.702. The Morgan fingerprint density at radius 3 is 2.18 bits per heavy atom.